The zero-order chi connectivity index (χ0) is 14.5. The minimum atomic E-state index is 0.0200. The summed E-state index contributed by atoms with van der Waals surface area (Å²) in [6, 6.07) is 1.75. The summed E-state index contributed by atoms with van der Waals surface area (Å²) in [4.78, 5) is 22.6. The van der Waals surface area contributed by atoms with E-state index in [4.69, 9.17) is 0 Å². The average molecular weight is 276 g/mol. The second-order valence-corrected chi connectivity index (χ2v) is 6.06. The maximum Gasteiger partial charge on any atom is 0.272 e. The Morgan fingerprint density at radius 1 is 1.50 bits per heavy atom. The highest BCUT2D eigenvalue weighted by atomic mass is 16.2. The minimum absolute atomic E-state index is 0.0200. The van der Waals surface area contributed by atoms with Crippen LogP contribution in [-0.2, 0) is 0 Å². The van der Waals surface area contributed by atoms with E-state index in [2.05, 4.69) is 36.1 Å². The molecule has 110 valence electrons. The quantitative estimate of drug-likeness (QED) is 0.917. The van der Waals surface area contributed by atoms with Crippen LogP contribution < -0.4 is 5.32 Å². The van der Waals surface area contributed by atoms with Crippen molar-refractivity contribution in [1.29, 1.82) is 0 Å². The van der Waals surface area contributed by atoms with Crippen LogP contribution in [-0.4, -0.2) is 40.4 Å². The van der Waals surface area contributed by atoms with E-state index in [1.54, 1.807) is 6.07 Å². The standard InChI is InChI=1S/C15H24N4O/c1-11(2)8-16-14-7-13(17-10-18-14)15(20)19-6-4-5-12(3)9-19/h7,10-12H,4-6,8-9H2,1-3H3,(H,16,17,18). The summed E-state index contributed by atoms with van der Waals surface area (Å²) >= 11 is 0. The Balaban J connectivity index is 2.04. The molecule has 0 aliphatic carbocycles. The first kappa shape index (κ1) is 14.8. The first-order chi connectivity index (χ1) is 9.56. The Hall–Kier alpha value is -1.65. The molecule has 1 unspecified atom stereocenters. The number of nitrogens with one attached hydrogen (secondary N) is 1. The van der Waals surface area contributed by atoms with E-state index in [0.29, 0.717) is 17.5 Å². The fourth-order valence-corrected chi connectivity index (χ4v) is 2.42. The molecule has 0 bridgehead atoms. The smallest absolute Gasteiger partial charge is 0.272 e. The fourth-order valence-electron chi connectivity index (χ4n) is 2.42. The van der Waals surface area contributed by atoms with E-state index in [1.165, 1.54) is 12.7 Å². The first-order valence-corrected chi connectivity index (χ1v) is 7.41. The van der Waals surface area contributed by atoms with E-state index in [9.17, 15) is 4.79 Å². The summed E-state index contributed by atoms with van der Waals surface area (Å²) in [7, 11) is 0. The van der Waals surface area contributed by atoms with Crippen LogP contribution in [0.15, 0.2) is 12.4 Å². The number of aromatic nitrogens is 2. The Morgan fingerprint density at radius 2 is 2.30 bits per heavy atom. The molecule has 2 heterocycles. The van der Waals surface area contributed by atoms with Gasteiger partial charge in [0.2, 0.25) is 0 Å². The van der Waals surface area contributed by atoms with Crippen molar-refractivity contribution < 1.29 is 4.79 Å². The maximum atomic E-state index is 12.4. The third-order valence-corrected chi connectivity index (χ3v) is 3.52. The topological polar surface area (TPSA) is 58.1 Å². The lowest BCUT2D eigenvalue weighted by Gasteiger charge is -2.30. The molecule has 1 amide bonds. The fraction of sp³-hybridized carbons (Fsp3) is 0.667. The van der Waals surface area contributed by atoms with E-state index in [0.717, 1.165) is 31.9 Å². The monoisotopic (exact) mass is 276 g/mol. The molecule has 5 heteroatoms. The average Bonchev–Trinajstić information content (AvgIpc) is 2.44. The highest BCUT2D eigenvalue weighted by Crippen LogP contribution is 2.17. The molecule has 5 nitrogen and oxygen atoms in total. The van der Waals surface area contributed by atoms with Crippen molar-refractivity contribution in [3.05, 3.63) is 18.1 Å². The third kappa shape index (κ3) is 3.92. The number of anilines is 1. The van der Waals surface area contributed by atoms with Gasteiger partial charge < -0.3 is 10.2 Å². The summed E-state index contributed by atoms with van der Waals surface area (Å²) in [5.74, 6) is 1.86. The molecule has 0 spiro atoms. The van der Waals surface area contributed by atoms with Crippen molar-refractivity contribution in [3.63, 3.8) is 0 Å². The number of hydrogen-bond acceptors (Lipinski definition) is 4. The summed E-state index contributed by atoms with van der Waals surface area (Å²) in [5, 5.41) is 3.23. The molecule has 1 aliphatic rings. The van der Waals surface area contributed by atoms with Gasteiger partial charge in [0.1, 0.15) is 17.8 Å². The second-order valence-electron chi connectivity index (χ2n) is 6.06. The lowest BCUT2D eigenvalue weighted by atomic mass is 10.00. The van der Waals surface area contributed by atoms with Gasteiger partial charge in [-0.25, -0.2) is 9.97 Å². The molecule has 1 saturated heterocycles. The van der Waals surface area contributed by atoms with Gasteiger partial charge in [0, 0.05) is 25.7 Å². The minimum Gasteiger partial charge on any atom is -0.370 e. The molecule has 0 radical (unpaired) electrons. The number of nitrogens with zero attached hydrogens (tertiary/aromatic N) is 3. The summed E-state index contributed by atoms with van der Waals surface area (Å²) in [6.07, 6.45) is 3.74. The summed E-state index contributed by atoms with van der Waals surface area (Å²) < 4.78 is 0. The number of hydrogen-bond donors (Lipinski definition) is 1. The molecule has 0 saturated carbocycles. The van der Waals surface area contributed by atoms with E-state index >= 15 is 0 Å². The molecule has 1 atom stereocenters. The number of carbonyl (C=O) groups excluding carboxylic acids is 1. The molecule has 1 aromatic rings. The number of likely N-dealkylation sites (tertiary alicyclic amines) is 1. The molecular formula is C15H24N4O. The number of piperidine rings is 1. The molecule has 1 N–H and O–H groups in total. The van der Waals surface area contributed by atoms with Gasteiger partial charge in [-0.3, -0.25) is 4.79 Å². The van der Waals surface area contributed by atoms with Crippen molar-refractivity contribution in [2.24, 2.45) is 11.8 Å². The third-order valence-electron chi connectivity index (χ3n) is 3.52. The Labute approximate surface area is 120 Å². The van der Waals surface area contributed by atoms with Crippen molar-refractivity contribution in [1.82, 2.24) is 14.9 Å². The van der Waals surface area contributed by atoms with Gasteiger partial charge in [-0.15, -0.1) is 0 Å². The lowest BCUT2D eigenvalue weighted by molar-refractivity contribution is 0.0677. The van der Waals surface area contributed by atoms with Crippen LogP contribution in [0.25, 0.3) is 0 Å². The zero-order valence-corrected chi connectivity index (χ0v) is 12.6. The Morgan fingerprint density at radius 3 is 3.00 bits per heavy atom. The van der Waals surface area contributed by atoms with Crippen LogP contribution >= 0.6 is 0 Å². The molecule has 2 rings (SSSR count). The van der Waals surface area contributed by atoms with Gasteiger partial charge in [-0.2, -0.15) is 0 Å². The van der Waals surface area contributed by atoms with E-state index < -0.39 is 0 Å². The summed E-state index contributed by atoms with van der Waals surface area (Å²) in [6.45, 7) is 8.96. The molecule has 1 aromatic heterocycles. The predicted molar refractivity (Wildman–Crippen MR) is 79.7 cm³/mol. The van der Waals surface area contributed by atoms with Crippen molar-refractivity contribution in [3.8, 4) is 0 Å². The van der Waals surface area contributed by atoms with Crippen molar-refractivity contribution in [2.75, 3.05) is 25.0 Å². The van der Waals surface area contributed by atoms with Gasteiger partial charge >= 0.3 is 0 Å². The van der Waals surface area contributed by atoms with Gasteiger partial charge in [0.25, 0.3) is 5.91 Å². The largest absolute Gasteiger partial charge is 0.370 e. The lowest BCUT2D eigenvalue weighted by Crippen LogP contribution is -2.39. The molecule has 1 fully saturated rings. The first-order valence-electron chi connectivity index (χ1n) is 7.41. The van der Waals surface area contributed by atoms with Crippen LogP contribution in [0.5, 0.6) is 0 Å². The number of amides is 1. The normalized spacial score (nSPS) is 19.2. The van der Waals surface area contributed by atoms with Crippen molar-refractivity contribution in [2.45, 2.75) is 33.6 Å². The second kappa shape index (κ2) is 6.68. The molecule has 1 aliphatic heterocycles. The highest BCUT2D eigenvalue weighted by molar-refractivity contribution is 5.92. The van der Waals surface area contributed by atoms with E-state index in [1.807, 2.05) is 4.90 Å². The van der Waals surface area contributed by atoms with Crippen LogP contribution in [0.4, 0.5) is 5.82 Å². The van der Waals surface area contributed by atoms with Crippen LogP contribution in [0.1, 0.15) is 44.1 Å². The summed E-state index contributed by atoms with van der Waals surface area (Å²) in [5.41, 5.74) is 0.486. The van der Waals surface area contributed by atoms with Gasteiger partial charge in [-0.1, -0.05) is 20.8 Å². The molecule has 0 aromatic carbocycles. The van der Waals surface area contributed by atoms with Crippen LogP contribution in [0.2, 0.25) is 0 Å². The Bertz CT molecular complexity index is 461. The van der Waals surface area contributed by atoms with Gasteiger partial charge in [0.15, 0.2) is 0 Å². The number of rotatable bonds is 4. The van der Waals surface area contributed by atoms with Gasteiger partial charge in [0.05, 0.1) is 0 Å². The SMILES string of the molecule is CC(C)CNc1cc(C(=O)N2CCCC(C)C2)ncn1. The highest BCUT2D eigenvalue weighted by Gasteiger charge is 2.23. The molecular weight excluding hydrogens is 252 g/mol. The molecule has 20 heavy (non-hydrogen) atoms. The predicted octanol–water partition coefficient (Wildman–Crippen LogP) is 2.42. The van der Waals surface area contributed by atoms with E-state index in [-0.39, 0.29) is 5.91 Å². The van der Waals surface area contributed by atoms with Crippen LogP contribution in [0, 0.1) is 11.8 Å². The van der Waals surface area contributed by atoms with Crippen molar-refractivity contribution >= 4 is 11.7 Å². The zero-order valence-electron chi connectivity index (χ0n) is 12.6. The van der Waals surface area contributed by atoms with Crippen LogP contribution in [0.3, 0.4) is 0 Å². The Kier molecular flexibility index (Phi) is 4.93. The van der Waals surface area contributed by atoms with Gasteiger partial charge in [-0.05, 0) is 24.7 Å². The number of carbonyl (C=O) groups is 1. The maximum absolute atomic E-state index is 12.4.